The zero-order valence-corrected chi connectivity index (χ0v) is 14.5. The molecule has 1 saturated heterocycles. The fourth-order valence-corrected chi connectivity index (χ4v) is 2.76. The van der Waals surface area contributed by atoms with Crippen LogP contribution in [-0.4, -0.2) is 32.1 Å². The molecule has 2 atom stereocenters. The van der Waals surface area contributed by atoms with Gasteiger partial charge in [0.05, 0.1) is 19.6 Å². The third-order valence-electron chi connectivity index (χ3n) is 4.15. The van der Waals surface area contributed by atoms with Gasteiger partial charge >= 0.3 is 5.97 Å². The minimum atomic E-state index is -0.503. The van der Waals surface area contributed by atoms with Gasteiger partial charge in [-0.15, -0.1) is 12.4 Å². The molecule has 1 heterocycles. The average Bonchev–Trinajstić information content (AvgIpc) is 3.06. The summed E-state index contributed by atoms with van der Waals surface area (Å²) in [6.45, 7) is 1.96. The van der Waals surface area contributed by atoms with Crippen LogP contribution >= 0.6 is 12.4 Å². The Balaban J connectivity index is 0.00000288. The highest BCUT2D eigenvalue weighted by Crippen LogP contribution is 2.19. The summed E-state index contributed by atoms with van der Waals surface area (Å²) in [5.41, 5.74) is 0.688. The van der Waals surface area contributed by atoms with Crippen LogP contribution in [0.3, 0.4) is 0 Å². The van der Waals surface area contributed by atoms with E-state index in [9.17, 15) is 14.0 Å². The molecule has 2 rings (SSSR count). The van der Waals surface area contributed by atoms with Gasteiger partial charge in [0.1, 0.15) is 5.82 Å². The SMILES string of the molecule is COC(=O)CC(NC(=O)CCC1CCNC1)c1ccc(F)cc1.Cl. The second-order valence-corrected chi connectivity index (χ2v) is 5.85. The Morgan fingerprint density at radius 2 is 2.08 bits per heavy atom. The molecule has 1 aromatic rings. The zero-order chi connectivity index (χ0) is 16.7. The summed E-state index contributed by atoms with van der Waals surface area (Å²) in [6.07, 6.45) is 2.37. The molecular formula is C17H24ClFN2O3. The largest absolute Gasteiger partial charge is 0.469 e. The molecule has 2 unspecified atom stereocenters. The van der Waals surface area contributed by atoms with Gasteiger partial charge < -0.3 is 15.4 Å². The van der Waals surface area contributed by atoms with Crippen molar-refractivity contribution in [3.63, 3.8) is 0 Å². The number of carbonyl (C=O) groups is 2. The maximum Gasteiger partial charge on any atom is 0.307 e. The Kier molecular flexibility index (Phi) is 8.71. The van der Waals surface area contributed by atoms with E-state index in [1.165, 1.54) is 19.2 Å². The van der Waals surface area contributed by atoms with Crippen LogP contribution in [-0.2, 0) is 14.3 Å². The van der Waals surface area contributed by atoms with Crippen molar-refractivity contribution in [3.8, 4) is 0 Å². The summed E-state index contributed by atoms with van der Waals surface area (Å²) in [5, 5.41) is 6.13. The standard InChI is InChI=1S/C17H23FN2O3.ClH/c1-23-17(22)10-15(13-3-5-14(18)6-4-13)20-16(21)7-2-12-8-9-19-11-12;/h3-6,12,15,19H,2,7-11H2,1H3,(H,20,21);1H. The van der Waals surface area contributed by atoms with Crippen LogP contribution in [0.1, 0.15) is 37.3 Å². The number of halogens is 2. The predicted molar refractivity (Wildman–Crippen MR) is 91.4 cm³/mol. The van der Waals surface area contributed by atoms with Crippen molar-refractivity contribution in [2.45, 2.75) is 31.7 Å². The van der Waals surface area contributed by atoms with E-state index in [4.69, 9.17) is 0 Å². The molecular weight excluding hydrogens is 335 g/mol. The number of benzene rings is 1. The molecule has 0 aromatic heterocycles. The summed E-state index contributed by atoms with van der Waals surface area (Å²) in [5.74, 6) is -0.342. The second kappa shape index (κ2) is 10.3. The third-order valence-corrected chi connectivity index (χ3v) is 4.15. The van der Waals surface area contributed by atoms with Gasteiger partial charge in [0.2, 0.25) is 5.91 Å². The van der Waals surface area contributed by atoms with Crippen LogP contribution in [0, 0.1) is 11.7 Å². The van der Waals surface area contributed by atoms with E-state index in [0.717, 1.165) is 25.9 Å². The highest BCUT2D eigenvalue weighted by atomic mass is 35.5. The normalized spacial score (nSPS) is 17.7. The van der Waals surface area contributed by atoms with E-state index in [1.807, 2.05) is 0 Å². The highest BCUT2D eigenvalue weighted by molar-refractivity contribution is 5.85. The van der Waals surface area contributed by atoms with Crippen molar-refractivity contribution >= 4 is 24.3 Å². The van der Waals surface area contributed by atoms with Crippen LogP contribution in [0.15, 0.2) is 24.3 Å². The first-order valence-corrected chi connectivity index (χ1v) is 7.91. The average molecular weight is 359 g/mol. The lowest BCUT2D eigenvalue weighted by atomic mass is 10.0. The molecule has 7 heteroatoms. The molecule has 1 aromatic carbocycles. The van der Waals surface area contributed by atoms with Crippen LogP contribution in [0.5, 0.6) is 0 Å². The molecule has 0 spiro atoms. The molecule has 0 aliphatic carbocycles. The highest BCUT2D eigenvalue weighted by Gasteiger charge is 2.20. The van der Waals surface area contributed by atoms with Crippen LogP contribution in [0.25, 0.3) is 0 Å². The molecule has 2 N–H and O–H groups in total. The Morgan fingerprint density at radius 1 is 1.38 bits per heavy atom. The van der Waals surface area contributed by atoms with Crippen molar-refractivity contribution in [1.82, 2.24) is 10.6 Å². The van der Waals surface area contributed by atoms with Gasteiger partial charge in [-0.25, -0.2) is 4.39 Å². The van der Waals surface area contributed by atoms with E-state index in [-0.39, 0.29) is 30.6 Å². The topological polar surface area (TPSA) is 67.4 Å². The summed E-state index contributed by atoms with van der Waals surface area (Å²) in [4.78, 5) is 23.7. The number of amides is 1. The van der Waals surface area contributed by atoms with Crippen molar-refractivity contribution in [1.29, 1.82) is 0 Å². The van der Waals surface area contributed by atoms with Gasteiger partial charge in [-0.05, 0) is 49.5 Å². The van der Waals surface area contributed by atoms with E-state index in [0.29, 0.717) is 17.9 Å². The maximum absolute atomic E-state index is 13.0. The Bertz CT molecular complexity index is 533. The van der Waals surface area contributed by atoms with Gasteiger partial charge in [-0.3, -0.25) is 9.59 Å². The fraction of sp³-hybridized carbons (Fsp3) is 0.529. The minimum absolute atomic E-state index is 0. The number of hydrogen-bond donors (Lipinski definition) is 2. The smallest absolute Gasteiger partial charge is 0.307 e. The van der Waals surface area contributed by atoms with Gasteiger partial charge in [0, 0.05) is 6.42 Å². The molecule has 134 valence electrons. The molecule has 1 amide bonds. The number of rotatable bonds is 7. The molecule has 1 aliphatic rings. The lowest BCUT2D eigenvalue weighted by molar-refractivity contribution is -0.141. The number of esters is 1. The van der Waals surface area contributed by atoms with Crippen molar-refractivity contribution in [2.75, 3.05) is 20.2 Å². The number of ether oxygens (including phenoxy) is 1. The molecule has 24 heavy (non-hydrogen) atoms. The van der Waals surface area contributed by atoms with E-state index in [1.54, 1.807) is 12.1 Å². The second-order valence-electron chi connectivity index (χ2n) is 5.85. The number of nitrogens with one attached hydrogen (secondary N) is 2. The number of methoxy groups -OCH3 is 1. The summed E-state index contributed by atoms with van der Waals surface area (Å²) in [6, 6.07) is 5.28. The van der Waals surface area contributed by atoms with Crippen molar-refractivity contribution in [2.24, 2.45) is 5.92 Å². The Labute approximate surface area is 147 Å². The van der Waals surface area contributed by atoms with Crippen LogP contribution < -0.4 is 10.6 Å². The van der Waals surface area contributed by atoms with Crippen LogP contribution in [0.2, 0.25) is 0 Å². The third kappa shape index (κ3) is 6.45. The maximum atomic E-state index is 13.0. The first-order chi connectivity index (χ1) is 11.1. The predicted octanol–water partition coefficient (Wildman–Crippen LogP) is 2.36. The van der Waals surface area contributed by atoms with E-state index in [2.05, 4.69) is 15.4 Å². The number of carbonyl (C=O) groups excluding carboxylic acids is 2. The van der Waals surface area contributed by atoms with Gasteiger partial charge in [-0.2, -0.15) is 0 Å². The first-order valence-electron chi connectivity index (χ1n) is 7.91. The zero-order valence-electron chi connectivity index (χ0n) is 13.7. The molecule has 5 nitrogen and oxygen atoms in total. The summed E-state index contributed by atoms with van der Waals surface area (Å²) in [7, 11) is 1.30. The van der Waals surface area contributed by atoms with Crippen LogP contribution in [0.4, 0.5) is 4.39 Å². The summed E-state index contributed by atoms with van der Waals surface area (Å²) >= 11 is 0. The van der Waals surface area contributed by atoms with Gasteiger partial charge in [0.25, 0.3) is 0 Å². The van der Waals surface area contributed by atoms with Crippen molar-refractivity contribution in [3.05, 3.63) is 35.6 Å². The molecule has 0 saturated carbocycles. The van der Waals surface area contributed by atoms with Crippen molar-refractivity contribution < 1.29 is 18.7 Å². The number of hydrogen-bond acceptors (Lipinski definition) is 4. The first kappa shape index (κ1) is 20.4. The molecule has 1 fully saturated rings. The molecule has 1 aliphatic heterocycles. The quantitative estimate of drug-likeness (QED) is 0.734. The van der Waals surface area contributed by atoms with E-state index >= 15 is 0 Å². The molecule has 0 radical (unpaired) electrons. The fourth-order valence-electron chi connectivity index (χ4n) is 2.76. The minimum Gasteiger partial charge on any atom is -0.469 e. The lowest BCUT2D eigenvalue weighted by Crippen LogP contribution is -2.30. The summed E-state index contributed by atoms with van der Waals surface area (Å²) < 4.78 is 17.7. The van der Waals surface area contributed by atoms with Gasteiger partial charge in [-0.1, -0.05) is 12.1 Å². The van der Waals surface area contributed by atoms with Gasteiger partial charge in [0.15, 0.2) is 0 Å². The Morgan fingerprint density at radius 3 is 2.67 bits per heavy atom. The van der Waals surface area contributed by atoms with E-state index < -0.39 is 12.0 Å². The monoisotopic (exact) mass is 358 g/mol. The Hall–Kier alpha value is -1.66. The molecule has 0 bridgehead atoms. The lowest BCUT2D eigenvalue weighted by Gasteiger charge is -2.19.